The number of nitriles is 1. The Morgan fingerprint density at radius 3 is 2.53 bits per heavy atom. The Labute approximate surface area is 186 Å². The number of nitrogens with zero attached hydrogens (tertiary/aromatic N) is 2. The number of benzene rings is 2. The van der Waals surface area contributed by atoms with Gasteiger partial charge in [0, 0.05) is 12.0 Å². The summed E-state index contributed by atoms with van der Waals surface area (Å²) in [5, 5.41) is 9.68. The first-order valence-electron chi connectivity index (χ1n) is 9.54. The van der Waals surface area contributed by atoms with E-state index in [2.05, 4.69) is 4.72 Å². The molecule has 0 aliphatic heterocycles. The van der Waals surface area contributed by atoms with Crippen LogP contribution in [0.3, 0.4) is 0 Å². The highest BCUT2D eigenvalue weighted by atomic mass is 32.2. The summed E-state index contributed by atoms with van der Waals surface area (Å²) in [7, 11) is -3.91. The lowest BCUT2D eigenvalue weighted by Gasteiger charge is -2.22. The molecule has 0 aliphatic carbocycles. The minimum atomic E-state index is -3.91. The van der Waals surface area contributed by atoms with Gasteiger partial charge in [0.15, 0.2) is 6.61 Å². The van der Waals surface area contributed by atoms with E-state index in [0.717, 1.165) is 21.9 Å². The van der Waals surface area contributed by atoms with Crippen molar-refractivity contribution >= 4 is 33.7 Å². The molecule has 8 nitrogen and oxygen atoms in total. The lowest BCUT2D eigenvalue weighted by molar-refractivity contribution is -0.146. The quantitative estimate of drug-likeness (QED) is 0.546. The van der Waals surface area contributed by atoms with Crippen LogP contribution in [0.4, 0.5) is 10.1 Å². The van der Waals surface area contributed by atoms with Crippen molar-refractivity contribution in [3.63, 3.8) is 0 Å². The van der Waals surface area contributed by atoms with Crippen LogP contribution in [-0.2, 0) is 24.3 Å². The van der Waals surface area contributed by atoms with Crippen LogP contribution in [0.2, 0.25) is 0 Å². The maximum atomic E-state index is 14.0. The van der Waals surface area contributed by atoms with E-state index in [9.17, 15) is 22.4 Å². The van der Waals surface area contributed by atoms with Crippen molar-refractivity contribution in [2.24, 2.45) is 0 Å². The molecule has 0 unspecified atom stereocenters. The van der Waals surface area contributed by atoms with Gasteiger partial charge in [-0.15, -0.1) is 0 Å². The number of para-hydroxylation sites is 1. The molecule has 0 fully saturated rings. The molecular weight excluding hydrogens is 437 g/mol. The number of carbonyl (C=O) groups is 2. The van der Waals surface area contributed by atoms with Crippen molar-refractivity contribution < 1.29 is 27.1 Å². The number of halogens is 1. The summed E-state index contributed by atoms with van der Waals surface area (Å²) in [6.07, 6.45) is 1.32. The number of anilines is 1. The number of ether oxygens (including phenoxy) is 1. The first-order valence-corrected chi connectivity index (χ1v) is 11.1. The summed E-state index contributed by atoms with van der Waals surface area (Å²) in [6, 6.07) is 14.5. The monoisotopic (exact) mass is 459 g/mol. The number of hydrogen-bond acceptors (Lipinski definition) is 6. The summed E-state index contributed by atoms with van der Waals surface area (Å²) in [5.74, 6) is -2.40. The second-order valence-corrected chi connectivity index (χ2v) is 8.30. The largest absolute Gasteiger partial charge is 0.455 e. The van der Waals surface area contributed by atoms with E-state index in [1.807, 2.05) is 25.1 Å². The van der Waals surface area contributed by atoms with Gasteiger partial charge in [-0.2, -0.15) is 5.26 Å². The lowest BCUT2D eigenvalue weighted by atomic mass is 10.2. The predicted molar refractivity (Wildman–Crippen MR) is 117 cm³/mol. The zero-order chi connectivity index (χ0) is 23.6. The van der Waals surface area contributed by atoms with Crippen molar-refractivity contribution in [2.75, 3.05) is 24.6 Å². The molecule has 10 heteroatoms. The first-order chi connectivity index (χ1) is 15.2. The fourth-order valence-corrected chi connectivity index (χ4v) is 3.29. The smallest absolute Gasteiger partial charge is 0.321 e. The second-order valence-electron chi connectivity index (χ2n) is 6.65. The van der Waals surface area contributed by atoms with E-state index >= 15 is 0 Å². The predicted octanol–water partition coefficient (Wildman–Crippen LogP) is 2.51. The van der Waals surface area contributed by atoms with Crippen molar-refractivity contribution in [3.05, 3.63) is 70.9 Å². The summed E-state index contributed by atoms with van der Waals surface area (Å²) in [6.45, 7) is 0.386. The van der Waals surface area contributed by atoms with Gasteiger partial charge in [0.1, 0.15) is 12.4 Å². The van der Waals surface area contributed by atoms with Crippen LogP contribution in [0, 0.1) is 24.1 Å². The van der Waals surface area contributed by atoms with Crippen molar-refractivity contribution in [1.29, 1.82) is 5.26 Å². The van der Waals surface area contributed by atoms with Gasteiger partial charge in [-0.05, 0) is 30.7 Å². The average molecular weight is 459 g/mol. The van der Waals surface area contributed by atoms with Crippen LogP contribution in [0.25, 0.3) is 6.08 Å². The summed E-state index contributed by atoms with van der Waals surface area (Å²) in [4.78, 5) is 25.3. The normalized spacial score (nSPS) is 11.2. The molecule has 0 bridgehead atoms. The van der Waals surface area contributed by atoms with Crippen LogP contribution in [0.15, 0.2) is 53.9 Å². The molecule has 168 valence electrons. The summed E-state index contributed by atoms with van der Waals surface area (Å²) < 4.78 is 44.9. The van der Waals surface area contributed by atoms with E-state index in [1.165, 1.54) is 24.3 Å². The van der Waals surface area contributed by atoms with Crippen LogP contribution >= 0.6 is 0 Å². The minimum absolute atomic E-state index is 0.0502. The van der Waals surface area contributed by atoms with Gasteiger partial charge in [-0.3, -0.25) is 9.59 Å². The molecule has 32 heavy (non-hydrogen) atoms. The number of carbonyl (C=O) groups excluding carboxylic acids is 2. The third-order valence-corrected chi connectivity index (χ3v) is 5.22. The number of aryl methyl sites for hydroxylation is 1. The van der Waals surface area contributed by atoms with E-state index in [-0.39, 0.29) is 18.7 Å². The van der Waals surface area contributed by atoms with Gasteiger partial charge < -0.3 is 9.64 Å². The highest BCUT2D eigenvalue weighted by molar-refractivity contribution is 7.92. The molecule has 2 aromatic carbocycles. The Morgan fingerprint density at radius 2 is 1.88 bits per heavy atom. The number of amides is 1. The number of rotatable bonds is 10. The Bertz CT molecular complexity index is 1130. The molecule has 0 spiro atoms. The van der Waals surface area contributed by atoms with Crippen LogP contribution in [-0.4, -0.2) is 40.0 Å². The Kier molecular flexibility index (Phi) is 9.07. The number of sulfonamides is 1. The van der Waals surface area contributed by atoms with Crippen molar-refractivity contribution in [1.82, 2.24) is 4.72 Å². The maximum absolute atomic E-state index is 14.0. The topological polar surface area (TPSA) is 117 Å². The van der Waals surface area contributed by atoms with Crippen molar-refractivity contribution in [3.8, 4) is 6.07 Å². The third-order valence-electron chi connectivity index (χ3n) is 4.18. The van der Waals surface area contributed by atoms with E-state index in [4.69, 9.17) is 10.00 Å². The Morgan fingerprint density at radius 1 is 1.19 bits per heavy atom. The molecule has 1 N–H and O–H groups in total. The molecule has 0 aromatic heterocycles. The molecule has 0 aliphatic rings. The molecule has 0 atom stereocenters. The first kappa shape index (κ1) is 24.7. The van der Waals surface area contributed by atoms with E-state index in [1.54, 1.807) is 12.1 Å². The zero-order valence-electron chi connectivity index (χ0n) is 17.3. The Balaban J connectivity index is 1.90. The van der Waals surface area contributed by atoms with E-state index in [0.29, 0.717) is 5.56 Å². The van der Waals surface area contributed by atoms with Gasteiger partial charge in [0.25, 0.3) is 5.91 Å². The summed E-state index contributed by atoms with van der Waals surface area (Å²) in [5.41, 5.74) is 1.65. The highest BCUT2D eigenvalue weighted by Crippen LogP contribution is 2.19. The van der Waals surface area contributed by atoms with Gasteiger partial charge in [0.2, 0.25) is 10.0 Å². The van der Waals surface area contributed by atoms with E-state index < -0.39 is 40.9 Å². The average Bonchev–Trinajstić information content (AvgIpc) is 2.77. The van der Waals surface area contributed by atoms with Crippen LogP contribution in [0.1, 0.15) is 17.5 Å². The number of esters is 1. The van der Waals surface area contributed by atoms with Crippen LogP contribution < -0.4 is 9.62 Å². The molecule has 1 amide bonds. The van der Waals surface area contributed by atoms with Crippen LogP contribution in [0.5, 0.6) is 0 Å². The molecule has 0 heterocycles. The molecule has 0 saturated heterocycles. The molecule has 2 aromatic rings. The van der Waals surface area contributed by atoms with Gasteiger partial charge in [0.05, 0.1) is 18.2 Å². The Hall–Kier alpha value is -3.55. The highest BCUT2D eigenvalue weighted by Gasteiger charge is 2.20. The minimum Gasteiger partial charge on any atom is -0.455 e. The summed E-state index contributed by atoms with van der Waals surface area (Å²) >= 11 is 0. The fraction of sp³-hybridized carbons (Fsp3) is 0.227. The number of hydrogen-bond donors (Lipinski definition) is 1. The van der Waals surface area contributed by atoms with Crippen molar-refractivity contribution in [2.45, 2.75) is 13.3 Å². The SMILES string of the molecule is Cc1ccc(/C=C/S(=O)(=O)NCC(=O)OCC(=O)N(CCC#N)c2ccccc2F)cc1. The second kappa shape index (κ2) is 11.7. The maximum Gasteiger partial charge on any atom is 0.321 e. The third kappa shape index (κ3) is 7.94. The molecule has 0 saturated carbocycles. The van der Waals surface area contributed by atoms with Gasteiger partial charge in [-0.1, -0.05) is 42.0 Å². The lowest BCUT2D eigenvalue weighted by Crippen LogP contribution is -2.37. The van der Waals surface area contributed by atoms with Gasteiger partial charge >= 0.3 is 5.97 Å². The molecular formula is C22H22FN3O5S. The molecule has 2 rings (SSSR count). The standard InChI is InChI=1S/C22H22FN3O5S/c1-17-7-9-18(10-8-17)11-14-32(29,30)25-15-22(28)31-16-21(27)26(13-4-12-24)20-6-3-2-5-19(20)23/h2-3,5-11,14,25H,4,13,15-16H2,1H3/b14-11+. The molecule has 0 radical (unpaired) electrons. The van der Waals surface area contributed by atoms with Gasteiger partial charge in [-0.25, -0.2) is 17.5 Å². The number of nitrogens with one attached hydrogen (secondary N) is 1. The fourth-order valence-electron chi connectivity index (χ4n) is 2.54. The zero-order valence-corrected chi connectivity index (χ0v) is 18.1.